The molecule has 0 radical (unpaired) electrons. The van der Waals surface area contributed by atoms with E-state index in [1.54, 1.807) is 0 Å². The molecule has 1 fully saturated rings. The van der Waals surface area contributed by atoms with Gasteiger partial charge in [0.2, 0.25) is 0 Å². The zero-order valence-electron chi connectivity index (χ0n) is 10.5. The van der Waals surface area contributed by atoms with E-state index in [-0.39, 0.29) is 0 Å². The van der Waals surface area contributed by atoms with Crippen molar-refractivity contribution in [2.45, 2.75) is 45.6 Å². The molecule has 1 nitrogen and oxygen atoms in total. The van der Waals surface area contributed by atoms with Crippen molar-refractivity contribution in [3.05, 3.63) is 35.4 Å². The first-order valence-electron chi connectivity index (χ1n) is 6.55. The molecule has 1 aromatic rings. The molecule has 0 heterocycles. The Morgan fingerprint density at radius 2 is 1.81 bits per heavy atom. The van der Waals surface area contributed by atoms with E-state index in [9.17, 15) is 0 Å². The quantitative estimate of drug-likeness (QED) is 0.808. The minimum atomic E-state index is 0.487. The van der Waals surface area contributed by atoms with E-state index < -0.39 is 0 Å². The molecule has 1 aliphatic carbocycles. The average molecular weight is 217 g/mol. The van der Waals surface area contributed by atoms with Gasteiger partial charge >= 0.3 is 0 Å². The van der Waals surface area contributed by atoms with E-state index in [2.05, 4.69) is 43.4 Å². The van der Waals surface area contributed by atoms with Gasteiger partial charge in [-0.1, -0.05) is 42.7 Å². The molecule has 0 aliphatic heterocycles. The molecule has 0 saturated heterocycles. The van der Waals surface area contributed by atoms with Gasteiger partial charge in [-0.05, 0) is 44.7 Å². The third-order valence-corrected chi connectivity index (χ3v) is 3.76. The largest absolute Gasteiger partial charge is 0.310 e. The van der Waals surface area contributed by atoms with Gasteiger partial charge < -0.3 is 5.32 Å². The van der Waals surface area contributed by atoms with Gasteiger partial charge in [-0.3, -0.25) is 0 Å². The van der Waals surface area contributed by atoms with E-state index >= 15 is 0 Å². The molecule has 1 unspecified atom stereocenters. The standard InChI is InChI=1S/C15H23N/c1-12-7-9-15(10-8-12)13(2)16-11-14-5-3-4-6-14/h7-10,13-14,16H,3-6,11H2,1-2H3. The molecular weight excluding hydrogens is 194 g/mol. The number of benzene rings is 1. The van der Waals surface area contributed by atoms with Gasteiger partial charge in [0.15, 0.2) is 0 Å². The van der Waals surface area contributed by atoms with Crippen molar-refractivity contribution in [2.24, 2.45) is 5.92 Å². The smallest absolute Gasteiger partial charge is 0.0291 e. The minimum Gasteiger partial charge on any atom is -0.310 e. The lowest BCUT2D eigenvalue weighted by Crippen LogP contribution is -2.24. The summed E-state index contributed by atoms with van der Waals surface area (Å²) in [5.74, 6) is 0.924. The van der Waals surface area contributed by atoms with Gasteiger partial charge in [-0.15, -0.1) is 0 Å². The molecule has 88 valence electrons. The zero-order valence-corrected chi connectivity index (χ0v) is 10.5. The molecule has 0 amide bonds. The van der Waals surface area contributed by atoms with Crippen molar-refractivity contribution in [1.82, 2.24) is 5.32 Å². The summed E-state index contributed by atoms with van der Waals surface area (Å²) in [5, 5.41) is 3.66. The third-order valence-electron chi connectivity index (χ3n) is 3.76. The van der Waals surface area contributed by atoms with Crippen molar-refractivity contribution in [2.75, 3.05) is 6.54 Å². The number of nitrogens with one attached hydrogen (secondary N) is 1. The van der Waals surface area contributed by atoms with Crippen LogP contribution < -0.4 is 5.32 Å². The Kier molecular flexibility index (Phi) is 4.00. The Bertz CT molecular complexity index is 309. The maximum absolute atomic E-state index is 3.66. The highest BCUT2D eigenvalue weighted by molar-refractivity contribution is 5.23. The normalized spacial score (nSPS) is 18.9. The second-order valence-corrected chi connectivity index (χ2v) is 5.19. The SMILES string of the molecule is Cc1ccc(C(C)NCC2CCCC2)cc1. The van der Waals surface area contributed by atoms with Crippen LogP contribution in [0.3, 0.4) is 0 Å². The molecule has 1 atom stereocenters. The number of rotatable bonds is 4. The number of aryl methyl sites for hydroxylation is 1. The van der Waals surface area contributed by atoms with Crippen LogP contribution in [0, 0.1) is 12.8 Å². The molecule has 16 heavy (non-hydrogen) atoms. The van der Waals surface area contributed by atoms with Crippen molar-refractivity contribution >= 4 is 0 Å². The summed E-state index contributed by atoms with van der Waals surface area (Å²) < 4.78 is 0. The maximum atomic E-state index is 3.66. The van der Waals surface area contributed by atoms with Crippen LogP contribution in [0.25, 0.3) is 0 Å². The summed E-state index contributed by atoms with van der Waals surface area (Å²) in [6.07, 6.45) is 5.72. The molecule has 2 rings (SSSR count). The minimum absolute atomic E-state index is 0.487. The van der Waals surface area contributed by atoms with Crippen LogP contribution >= 0.6 is 0 Å². The fourth-order valence-electron chi connectivity index (χ4n) is 2.53. The summed E-state index contributed by atoms with van der Waals surface area (Å²) in [7, 11) is 0. The second-order valence-electron chi connectivity index (χ2n) is 5.19. The molecule has 1 aliphatic rings. The van der Waals surface area contributed by atoms with Crippen molar-refractivity contribution in [3.63, 3.8) is 0 Å². The first kappa shape index (κ1) is 11.7. The van der Waals surface area contributed by atoms with E-state index in [1.807, 2.05) is 0 Å². The van der Waals surface area contributed by atoms with Crippen LogP contribution in [-0.2, 0) is 0 Å². The van der Waals surface area contributed by atoms with E-state index in [0.29, 0.717) is 6.04 Å². The van der Waals surface area contributed by atoms with Crippen molar-refractivity contribution in [1.29, 1.82) is 0 Å². The van der Waals surface area contributed by atoms with Gasteiger partial charge in [0.1, 0.15) is 0 Å². The first-order valence-corrected chi connectivity index (χ1v) is 6.55. The highest BCUT2D eigenvalue weighted by atomic mass is 14.9. The maximum Gasteiger partial charge on any atom is 0.0291 e. The lowest BCUT2D eigenvalue weighted by atomic mass is 10.0. The first-order chi connectivity index (χ1) is 7.75. The van der Waals surface area contributed by atoms with Crippen molar-refractivity contribution in [3.8, 4) is 0 Å². The predicted octanol–water partition coefficient (Wildman–Crippen LogP) is 3.84. The summed E-state index contributed by atoms with van der Waals surface area (Å²) in [6.45, 7) is 5.59. The Balaban J connectivity index is 1.82. The van der Waals surface area contributed by atoms with Crippen LogP contribution in [0.5, 0.6) is 0 Å². The fraction of sp³-hybridized carbons (Fsp3) is 0.600. The van der Waals surface area contributed by atoms with Crippen LogP contribution in [0.1, 0.15) is 49.8 Å². The van der Waals surface area contributed by atoms with Gasteiger partial charge in [-0.25, -0.2) is 0 Å². The molecular formula is C15H23N. The van der Waals surface area contributed by atoms with Crippen LogP contribution in [0.15, 0.2) is 24.3 Å². The highest BCUT2D eigenvalue weighted by Gasteiger charge is 2.15. The monoisotopic (exact) mass is 217 g/mol. The number of hydrogen-bond acceptors (Lipinski definition) is 1. The van der Waals surface area contributed by atoms with Crippen molar-refractivity contribution < 1.29 is 0 Å². The Morgan fingerprint density at radius 3 is 2.44 bits per heavy atom. The molecule has 1 aromatic carbocycles. The fourth-order valence-corrected chi connectivity index (χ4v) is 2.53. The lowest BCUT2D eigenvalue weighted by molar-refractivity contribution is 0.452. The van der Waals surface area contributed by atoms with E-state index in [1.165, 1.54) is 43.4 Å². The Labute approximate surface area is 99.3 Å². The summed E-state index contributed by atoms with van der Waals surface area (Å²) in [6, 6.07) is 9.36. The second kappa shape index (κ2) is 5.49. The third kappa shape index (κ3) is 3.08. The van der Waals surface area contributed by atoms with E-state index in [0.717, 1.165) is 5.92 Å². The number of hydrogen-bond donors (Lipinski definition) is 1. The molecule has 1 N–H and O–H groups in total. The molecule has 0 bridgehead atoms. The molecule has 1 saturated carbocycles. The van der Waals surface area contributed by atoms with Gasteiger partial charge in [0.25, 0.3) is 0 Å². The summed E-state index contributed by atoms with van der Waals surface area (Å²) in [5.41, 5.74) is 2.75. The lowest BCUT2D eigenvalue weighted by Gasteiger charge is -2.17. The van der Waals surface area contributed by atoms with Gasteiger partial charge in [-0.2, -0.15) is 0 Å². The highest BCUT2D eigenvalue weighted by Crippen LogP contribution is 2.24. The molecule has 0 spiro atoms. The topological polar surface area (TPSA) is 12.0 Å². The Morgan fingerprint density at radius 1 is 1.19 bits per heavy atom. The van der Waals surface area contributed by atoms with Gasteiger partial charge in [0, 0.05) is 6.04 Å². The summed E-state index contributed by atoms with van der Waals surface area (Å²) in [4.78, 5) is 0. The molecule has 0 aromatic heterocycles. The molecule has 1 heteroatoms. The Hall–Kier alpha value is -0.820. The summed E-state index contributed by atoms with van der Waals surface area (Å²) >= 11 is 0. The van der Waals surface area contributed by atoms with Gasteiger partial charge in [0.05, 0.1) is 0 Å². The predicted molar refractivity (Wildman–Crippen MR) is 69.6 cm³/mol. The van der Waals surface area contributed by atoms with E-state index in [4.69, 9.17) is 0 Å². The van der Waals surface area contributed by atoms with Crippen LogP contribution in [-0.4, -0.2) is 6.54 Å². The van der Waals surface area contributed by atoms with Crippen LogP contribution in [0.2, 0.25) is 0 Å². The van der Waals surface area contributed by atoms with Crippen LogP contribution in [0.4, 0.5) is 0 Å². The average Bonchev–Trinajstić information content (AvgIpc) is 2.80. The zero-order chi connectivity index (χ0) is 11.4.